The van der Waals surface area contributed by atoms with E-state index in [4.69, 9.17) is 0 Å². The number of rotatable bonds is 6. The van der Waals surface area contributed by atoms with E-state index in [1.54, 1.807) is 0 Å². The van der Waals surface area contributed by atoms with Crippen LogP contribution in [0.25, 0.3) is 0 Å². The van der Waals surface area contributed by atoms with Gasteiger partial charge in [0.25, 0.3) is 0 Å². The summed E-state index contributed by atoms with van der Waals surface area (Å²) >= 11 is 0. The molecule has 1 aliphatic heterocycles. The van der Waals surface area contributed by atoms with E-state index < -0.39 is 0 Å². The smallest absolute Gasteiger partial charge is 0.223 e. The van der Waals surface area contributed by atoms with Crippen LogP contribution in [0.4, 0.5) is 0 Å². The summed E-state index contributed by atoms with van der Waals surface area (Å²) in [5.74, 6) is 0.255. The molecule has 0 unspecified atom stereocenters. The summed E-state index contributed by atoms with van der Waals surface area (Å²) in [6.07, 6.45) is 6.88. The SMILES string of the molecule is CCC(=O)[C@@H]1CCCC[C@@H]1C(=O)NC[C@@H]1CCCN1C(C)C. The molecular weight excluding hydrogens is 276 g/mol. The van der Waals surface area contributed by atoms with Crippen molar-refractivity contribution in [3.63, 3.8) is 0 Å². The van der Waals surface area contributed by atoms with E-state index >= 15 is 0 Å². The van der Waals surface area contributed by atoms with E-state index in [-0.39, 0.29) is 23.5 Å². The molecular formula is C18H32N2O2. The van der Waals surface area contributed by atoms with Crippen LogP contribution in [0, 0.1) is 11.8 Å². The van der Waals surface area contributed by atoms with Crippen molar-refractivity contribution < 1.29 is 9.59 Å². The van der Waals surface area contributed by atoms with Gasteiger partial charge in [-0.1, -0.05) is 19.8 Å². The van der Waals surface area contributed by atoms with Crippen LogP contribution in [-0.4, -0.2) is 41.8 Å². The highest BCUT2D eigenvalue weighted by atomic mass is 16.2. The number of carbonyl (C=O) groups excluding carboxylic acids is 2. The average molecular weight is 308 g/mol. The van der Waals surface area contributed by atoms with Gasteiger partial charge in [0.05, 0.1) is 0 Å². The number of hydrogen-bond acceptors (Lipinski definition) is 3. The minimum Gasteiger partial charge on any atom is -0.354 e. The van der Waals surface area contributed by atoms with Crippen LogP contribution in [0.2, 0.25) is 0 Å². The molecule has 1 amide bonds. The van der Waals surface area contributed by atoms with Crippen molar-refractivity contribution in [2.45, 2.75) is 77.8 Å². The number of nitrogens with one attached hydrogen (secondary N) is 1. The number of amides is 1. The highest BCUT2D eigenvalue weighted by Crippen LogP contribution is 2.31. The Morgan fingerprint density at radius 2 is 1.77 bits per heavy atom. The summed E-state index contributed by atoms with van der Waals surface area (Å²) in [5.41, 5.74) is 0. The standard InChI is InChI=1S/C18H32N2O2/c1-4-17(21)15-9-5-6-10-16(15)18(22)19-12-14-8-7-11-20(14)13(2)3/h13-16H,4-12H2,1-3H3,(H,19,22)/t14-,15+,16-/m0/s1. The summed E-state index contributed by atoms with van der Waals surface area (Å²) in [6, 6.07) is 1.00. The number of hydrogen-bond donors (Lipinski definition) is 1. The van der Waals surface area contributed by atoms with E-state index in [9.17, 15) is 9.59 Å². The van der Waals surface area contributed by atoms with E-state index in [1.165, 1.54) is 12.8 Å². The molecule has 22 heavy (non-hydrogen) atoms. The molecule has 2 fully saturated rings. The Bertz CT molecular complexity index is 395. The maximum Gasteiger partial charge on any atom is 0.223 e. The molecule has 1 saturated carbocycles. The fraction of sp³-hybridized carbons (Fsp3) is 0.889. The van der Waals surface area contributed by atoms with Gasteiger partial charge >= 0.3 is 0 Å². The number of likely N-dealkylation sites (tertiary alicyclic amines) is 1. The van der Waals surface area contributed by atoms with Crippen LogP contribution in [0.15, 0.2) is 0 Å². The number of ketones is 1. The van der Waals surface area contributed by atoms with Crippen molar-refractivity contribution in [2.24, 2.45) is 11.8 Å². The molecule has 0 aromatic rings. The zero-order chi connectivity index (χ0) is 16.1. The Balaban J connectivity index is 1.89. The molecule has 0 aromatic heterocycles. The van der Waals surface area contributed by atoms with Gasteiger partial charge in [-0.3, -0.25) is 14.5 Å². The first-order valence-corrected chi connectivity index (χ1v) is 9.10. The lowest BCUT2D eigenvalue weighted by atomic mass is 9.76. The zero-order valence-corrected chi connectivity index (χ0v) is 14.4. The quantitative estimate of drug-likeness (QED) is 0.821. The molecule has 1 heterocycles. The van der Waals surface area contributed by atoms with Crippen molar-refractivity contribution in [1.82, 2.24) is 10.2 Å². The third-order valence-electron chi connectivity index (χ3n) is 5.46. The molecule has 1 N–H and O–H groups in total. The van der Waals surface area contributed by atoms with E-state index in [0.717, 1.165) is 38.8 Å². The van der Waals surface area contributed by atoms with Crippen LogP contribution in [0.3, 0.4) is 0 Å². The Hall–Kier alpha value is -0.900. The lowest BCUT2D eigenvalue weighted by Gasteiger charge is -2.31. The summed E-state index contributed by atoms with van der Waals surface area (Å²) < 4.78 is 0. The van der Waals surface area contributed by atoms with Gasteiger partial charge in [-0.25, -0.2) is 0 Å². The number of nitrogens with zero attached hydrogens (tertiary/aromatic N) is 1. The van der Waals surface area contributed by atoms with Gasteiger partial charge in [0.15, 0.2) is 0 Å². The Morgan fingerprint density at radius 1 is 1.09 bits per heavy atom. The molecule has 3 atom stereocenters. The Kier molecular flexibility index (Phi) is 6.42. The van der Waals surface area contributed by atoms with Gasteiger partial charge in [0, 0.05) is 36.9 Å². The largest absolute Gasteiger partial charge is 0.354 e. The van der Waals surface area contributed by atoms with Crippen molar-refractivity contribution >= 4 is 11.7 Å². The predicted octanol–water partition coefficient (Wildman–Crippen LogP) is 2.76. The molecule has 2 rings (SSSR count). The normalized spacial score (nSPS) is 29.7. The maximum atomic E-state index is 12.6. The third kappa shape index (κ3) is 4.09. The second-order valence-corrected chi connectivity index (χ2v) is 7.19. The maximum absolute atomic E-state index is 12.6. The fourth-order valence-electron chi connectivity index (χ4n) is 4.20. The monoisotopic (exact) mass is 308 g/mol. The molecule has 0 bridgehead atoms. The van der Waals surface area contributed by atoms with Gasteiger partial charge < -0.3 is 5.32 Å². The lowest BCUT2D eigenvalue weighted by molar-refractivity contribution is -0.135. The van der Waals surface area contributed by atoms with E-state index in [0.29, 0.717) is 18.5 Å². The van der Waals surface area contributed by atoms with Crippen molar-refractivity contribution in [1.29, 1.82) is 0 Å². The summed E-state index contributed by atoms with van der Waals surface area (Å²) in [4.78, 5) is 27.2. The molecule has 1 aliphatic carbocycles. The number of Topliss-reactive ketones (excluding diaryl/α,β-unsaturated/α-hetero) is 1. The van der Waals surface area contributed by atoms with Gasteiger partial charge in [-0.15, -0.1) is 0 Å². The molecule has 0 spiro atoms. The van der Waals surface area contributed by atoms with Crippen LogP contribution >= 0.6 is 0 Å². The summed E-state index contributed by atoms with van der Waals surface area (Å²) in [6.45, 7) is 8.22. The minimum atomic E-state index is -0.0879. The summed E-state index contributed by atoms with van der Waals surface area (Å²) in [7, 11) is 0. The molecule has 4 heteroatoms. The van der Waals surface area contributed by atoms with E-state index in [2.05, 4.69) is 24.1 Å². The molecule has 4 nitrogen and oxygen atoms in total. The second kappa shape index (κ2) is 8.09. The molecule has 0 aromatic carbocycles. The summed E-state index contributed by atoms with van der Waals surface area (Å²) in [5, 5.41) is 3.16. The highest BCUT2D eigenvalue weighted by Gasteiger charge is 2.35. The first-order valence-electron chi connectivity index (χ1n) is 9.10. The first kappa shape index (κ1) is 17.5. The Morgan fingerprint density at radius 3 is 2.41 bits per heavy atom. The van der Waals surface area contributed by atoms with E-state index in [1.807, 2.05) is 6.92 Å². The number of carbonyl (C=O) groups is 2. The van der Waals surface area contributed by atoms with Gasteiger partial charge in [0.1, 0.15) is 5.78 Å². The average Bonchev–Trinajstić information content (AvgIpc) is 3.00. The lowest BCUT2D eigenvalue weighted by Crippen LogP contribution is -2.46. The molecule has 1 saturated heterocycles. The fourth-order valence-corrected chi connectivity index (χ4v) is 4.20. The second-order valence-electron chi connectivity index (χ2n) is 7.19. The van der Waals surface area contributed by atoms with Crippen molar-refractivity contribution in [3.8, 4) is 0 Å². The van der Waals surface area contributed by atoms with Crippen molar-refractivity contribution in [3.05, 3.63) is 0 Å². The highest BCUT2D eigenvalue weighted by molar-refractivity contribution is 5.88. The predicted molar refractivity (Wildman–Crippen MR) is 88.6 cm³/mol. The molecule has 126 valence electrons. The van der Waals surface area contributed by atoms with Crippen LogP contribution in [0.5, 0.6) is 0 Å². The first-order chi connectivity index (χ1) is 10.5. The Labute approximate surface area is 135 Å². The van der Waals surface area contributed by atoms with Gasteiger partial charge in [-0.2, -0.15) is 0 Å². The van der Waals surface area contributed by atoms with Gasteiger partial charge in [-0.05, 0) is 46.1 Å². The molecule has 2 aliphatic rings. The zero-order valence-electron chi connectivity index (χ0n) is 14.4. The van der Waals surface area contributed by atoms with Crippen LogP contribution < -0.4 is 5.32 Å². The topological polar surface area (TPSA) is 49.4 Å². The van der Waals surface area contributed by atoms with Crippen molar-refractivity contribution in [2.75, 3.05) is 13.1 Å². The van der Waals surface area contributed by atoms with Crippen LogP contribution in [-0.2, 0) is 9.59 Å². The third-order valence-corrected chi connectivity index (χ3v) is 5.46. The van der Waals surface area contributed by atoms with Crippen LogP contribution in [0.1, 0.15) is 65.7 Å². The molecule has 0 radical (unpaired) electrons. The van der Waals surface area contributed by atoms with Gasteiger partial charge in [0.2, 0.25) is 5.91 Å². The minimum absolute atomic E-state index is 0.0384.